The van der Waals surface area contributed by atoms with E-state index in [1.165, 1.54) is 0 Å². The van der Waals surface area contributed by atoms with Gasteiger partial charge in [-0.05, 0) is 30.2 Å². The van der Waals surface area contributed by atoms with Gasteiger partial charge in [-0.15, -0.1) is 0 Å². The molecule has 3 heterocycles. The molecule has 2 aromatic rings. The van der Waals surface area contributed by atoms with Gasteiger partial charge in [0.2, 0.25) is 5.91 Å². The molecule has 0 unspecified atom stereocenters. The summed E-state index contributed by atoms with van der Waals surface area (Å²) >= 11 is 0. The van der Waals surface area contributed by atoms with Crippen molar-refractivity contribution in [2.75, 3.05) is 11.4 Å². The highest BCUT2D eigenvalue weighted by molar-refractivity contribution is 6.02. The maximum absolute atomic E-state index is 13.3. The minimum Gasteiger partial charge on any atom is -0.460 e. The second kappa shape index (κ2) is 6.31. The first kappa shape index (κ1) is 17.2. The molecule has 4 atom stereocenters. The Morgan fingerprint density at radius 1 is 1.21 bits per heavy atom. The molecule has 1 amide bonds. The first-order valence-corrected chi connectivity index (χ1v) is 9.53. The summed E-state index contributed by atoms with van der Waals surface area (Å²) in [5.74, 6) is -1.58. The van der Waals surface area contributed by atoms with Crippen LogP contribution in [0.15, 0.2) is 66.7 Å². The predicted molar refractivity (Wildman–Crippen MR) is 103 cm³/mol. The van der Waals surface area contributed by atoms with E-state index in [9.17, 15) is 9.59 Å². The van der Waals surface area contributed by atoms with Crippen LogP contribution in [0.1, 0.15) is 11.1 Å². The molecule has 28 heavy (non-hydrogen) atoms. The lowest BCUT2D eigenvalue weighted by Gasteiger charge is -2.22. The molecule has 0 aromatic heterocycles. The number of fused-ring (bicyclic) bond motifs is 1. The van der Waals surface area contributed by atoms with E-state index in [4.69, 9.17) is 9.47 Å². The first-order valence-electron chi connectivity index (χ1n) is 9.53. The minimum absolute atomic E-state index is 0.0703. The van der Waals surface area contributed by atoms with Crippen LogP contribution in [-0.4, -0.2) is 30.1 Å². The number of rotatable bonds is 4. The smallest absolute Gasteiger partial charge is 0.313 e. The number of carbonyl (C=O) groups excluding carboxylic acids is 2. The zero-order valence-corrected chi connectivity index (χ0v) is 15.6. The van der Waals surface area contributed by atoms with E-state index in [-0.39, 0.29) is 18.5 Å². The monoisotopic (exact) mass is 375 g/mol. The van der Waals surface area contributed by atoms with Crippen molar-refractivity contribution in [3.8, 4) is 0 Å². The van der Waals surface area contributed by atoms with Crippen molar-refractivity contribution in [2.24, 2.45) is 11.8 Å². The Kier molecular flexibility index (Phi) is 3.88. The Morgan fingerprint density at radius 3 is 2.82 bits per heavy atom. The molecule has 1 spiro atoms. The number of esters is 1. The number of anilines is 1. The summed E-state index contributed by atoms with van der Waals surface area (Å²) in [6, 6.07) is 17.4. The Morgan fingerprint density at radius 2 is 2.04 bits per heavy atom. The molecular weight excluding hydrogens is 354 g/mol. The van der Waals surface area contributed by atoms with Crippen molar-refractivity contribution in [2.45, 2.75) is 25.2 Å². The third-order valence-corrected chi connectivity index (χ3v) is 5.91. The number of carbonyl (C=O) groups is 2. The molecule has 2 aromatic carbocycles. The molecule has 5 rings (SSSR count). The number of amides is 1. The fraction of sp³-hybridized carbons (Fsp3) is 0.304. The third-order valence-electron chi connectivity index (χ3n) is 5.91. The molecule has 0 radical (unpaired) electrons. The van der Waals surface area contributed by atoms with Gasteiger partial charge in [-0.3, -0.25) is 9.59 Å². The van der Waals surface area contributed by atoms with E-state index in [0.717, 1.165) is 16.8 Å². The number of hydrogen-bond acceptors (Lipinski definition) is 4. The first-order chi connectivity index (χ1) is 13.6. The van der Waals surface area contributed by atoms with Crippen molar-refractivity contribution in [1.29, 1.82) is 0 Å². The quantitative estimate of drug-likeness (QED) is 0.609. The summed E-state index contributed by atoms with van der Waals surface area (Å²) in [7, 11) is 0. The maximum atomic E-state index is 13.3. The van der Waals surface area contributed by atoms with Crippen LogP contribution in [0.5, 0.6) is 0 Å². The maximum Gasteiger partial charge on any atom is 0.313 e. The van der Waals surface area contributed by atoms with Gasteiger partial charge in [0.1, 0.15) is 18.1 Å². The van der Waals surface area contributed by atoms with E-state index in [0.29, 0.717) is 6.54 Å². The van der Waals surface area contributed by atoms with Gasteiger partial charge in [0.05, 0.1) is 18.6 Å². The van der Waals surface area contributed by atoms with Crippen molar-refractivity contribution < 1.29 is 19.1 Å². The molecule has 2 fully saturated rings. The van der Waals surface area contributed by atoms with Crippen molar-refractivity contribution >= 4 is 17.6 Å². The lowest BCUT2D eigenvalue weighted by molar-refractivity contribution is -0.153. The number of benzene rings is 2. The third kappa shape index (κ3) is 2.58. The van der Waals surface area contributed by atoms with Crippen LogP contribution in [-0.2, 0) is 25.7 Å². The molecule has 3 aliphatic heterocycles. The van der Waals surface area contributed by atoms with Gasteiger partial charge in [-0.1, -0.05) is 54.6 Å². The predicted octanol–water partition coefficient (Wildman–Crippen LogP) is 3.02. The Hall–Kier alpha value is -2.92. The molecule has 142 valence electrons. The van der Waals surface area contributed by atoms with Crippen LogP contribution in [0.3, 0.4) is 0 Å². The molecule has 0 N–H and O–H groups in total. The molecule has 2 saturated heterocycles. The molecule has 5 heteroatoms. The van der Waals surface area contributed by atoms with E-state index >= 15 is 0 Å². The van der Waals surface area contributed by atoms with Gasteiger partial charge in [0.15, 0.2) is 0 Å². The summed E-state index contributed by atoms with van der Waals surface area (Å²) in [5.41, 5.74) is 2.11. The highest BCUT2D eigenvalue weighted by atomic mass is 16.6. The Bertz CT molecular complexity index is 970. The molecule has 0 aliphatic carbocycles. The molecule has 3 aliphatic rings. The van der Waals surface area contributed by atoms with Gasteiger partial charge in [-0.25, -0.2) is 0 Å². The number of ether oxygens (including phenoxy) is 2. The average molecular weight is 375 g/mol. The highest BCUT2D eigenvalue weighted by Gasteiger charge is 2.67. The van der Waals surface area contributed by atoms with Crippen molar-refractivity contribution in [3.63, 3.8) is 0 Å². The Labute approximate surface area is 163 Å². The van der Waals surface area contributed by atoms with Crippen LogP contribution in [0.2, 0.25) is 0 Å². The van der Waals surface area contributed by atoms with Gasteiger partial charge < -0.3 is 14.4 Å². The molecule has 0 saturated carbocycles. The van der Waals surface area contributed by atoms with Gasteiger partial charge in [0, 0.05) is 5.69 Å². The summed E-state index contributed by atoms with van der Waals surface area (Å²) < 4.78 is 11.7. The summed E-state index contributed by atoms with van der Waals surface area (Å²) in [6.45, 7) is 2.62. The molecule has 2 bridgehead atoms. The van der Waals surface area contributed by atoms with E-state index < -0.39 is 23.5 Å². The zero-order valence-electron chi connectivity index (χ0n) is 15.6. The van der Waals surface area contributed by atoms with Gasteiger partial charge in [-0.2, -0.15) is 0 Å². The molecular formula is C23H21NO4. The highest BCUT2D eigenvalue weighted by Crippen LogP contribution is 2.53. The average Bonchev–Trinajstić information content (AvgIpc) is 3.35. The molecule has 5 nitrogen and oxygen atoms in total. The topological polar surface area (TPSA) is 55.8 Å². The number of nitrogens with zero attached hydrogens (tertiary/aromatic N) is 1. The fourth-order valence-electron chi connectivity index (χ4n) is 4.61. The van der Waals surface area contributed by atoms with Crippen LogP contribution in [0.25, 0.3) is 0 Å². The van der Waals surface area contributed by atoms with Crippen LogP contribution in [0.4, 0.5) is 5.69 Å². The second-order valence-corrected chi connectivity index (χ2v) is 7.76. The Balaban J connectivity index is 1.39. The van der Waals surface area contributed by atoms with Crippen LogP contribution in [0, 0.1) is 18.8 Å². The number of hydrogen-bond donors (Lipinski definition) is 0. The van der Waals surface area contributed by atoms with Crippen molar-refractivity contribution in [1.82, 2.24) is 0 Å². The SMILES string of the molecule is Cc1cccc(N2C[C@@]34C=C[C@@H](O3)[C@H](C(=O)OCc3ccccc3)[C@@H]4C2=O)c1. The minimum atomic E-state index is -0.734. The number of aryl methyl sites for hydroxylation is 1. The van der Waals surface area contributed by atoms with Gasteiger partial charge >= 0.3 is 5.97 Å². The summed E-state index contributed by atoms with van der Waals surface area (Å²) in [4.78, 5) is 27.9. The summed E-state index contributed by atoms with van der Waals surface area (Å²) in [5, 5.41) is 0. The van der Waals surface area contributed by atoms with E-state index in [2.05, 4.69) is 0 Å². The summed E-state index contributed by atoms with van der Waals surface area (Å²) in [6.07, 6.45) is 3.46. The fourth-order valence-corrected chi connectivity index (χ4v) is 4.61. The lowest BCUT2D eigenvalue weighted by Crippen LogP contribution is -2.40. The zero-order chi connectivity index (χ0) is 19.3. The van der Waals surface area contributed by atoms with Crippen molar-refractivity contribution in [3.05, 3.63) is 77.9 Å². The van der Waals surface area contributed by atoms with Crippen LogP contribution < -0.4 is 4.90 Å². The van der Waals surface area contributed by atoms with E-state index in [1.54, 1.807) is 4.90 Å². The van der Waals surface area contributed by atoms with Gasteiger partial charge in [0.25, 0.3) is 0 Å². The largest absolute Gasteiger partial charge is 0.460 e. The van der Waals surface area contributed by atoms with Crippen LogP contribution >= 0.6 is 0 Å². The normalized spacial score (nSPS) is 30.0. The second-order valence-electron chi connectivity index (χ2n) is 7.76. The standard InChI is InChI=1S/C23H21NO4/c1-15-6-5-9-17(12-15)24-14-23-11-10-18(28-23)19(20(23)21(24)25)22(26)27-13-16-7-3-2-4-8-16/h2-12,18-20H,13-14H2,1H3/t18-,19+,20-,23-/m1/s1. The van der Waals surface area contributed by atoms with E-state index in [1.807, 2.05) is 73.7 Å². The lowest BCUT2D eigenvalue weighted by atomic mass is 9.77.